The molecular weight excluding hydrogens is 306 g/mol. The maximum Gasteiger partial charge on any atom is 0.339 e. The van der Waals surface area contributed by atoms with Gasteiger partial charge in [-0.15, -0.1) is 0 Å². The molecule has 2 aliphatic rings. The Balaban J connectivity index is 1.85. The lowest BCUT2D eigenvalue weighted by molar-refractivity contribution is 0.0599. The van der Waals surface area contributed by atoms with E-state index in [4.69, 9.17) is 10.5 Å². The number of nitrogens with one attached hydrogen (secondary N) is 1. The van der Waals surface area contributed by atoms with Gasteiger partial charge in [0, 0.05) is 37.3 Å². The van der Waals surface area contributed by atoms with E-state index >= 15 is 0 Å². The third-order valence-electron chi connectivity index (χ3n) is 4.67. The van der Waals surface area contributed by atoms with Gasteiger partial charge in [-0.3, -0.25) is 4.79 Å². The van der Waals surface area contributed by atoms with E-state index in [1.807, 2.05) is 4.90 Å². The van der Waals surface area contributed by atoms with E-state index in [-0.39, 0.29) is 12.5 Å². The first-order valence-corrected chi connectivity index (χ1v) is 8.05. The average Bonchev–Trinajstić information content (AvgIpc) is 3.20. The minimum Gasteiger partial charge on any atom is -0.465 e. The van der Waals surface area contributed by atoms with E-state index in [1.165, 1.54) is 7.11 Å². The Bertz CT molecular complexity index is 708. The van der Waals surface area contributed by atoms with Crippen LogP contribution in [0.25, 0.3) is 0 Å². The van der Waals surface area contributed by atoms with Crippen molar-refractivity contribution in [2.75, 3.05) is 39.8 Å². The molecule has 2 unspecified atom stereocenters. The number of carbonyl (C=O) groups excluding carboxylic acids is 2. The zero-order valence-corrected chi connectivity index (χ0v) is 13.7. The molecule has 1 aromatic rings. The van der Waals surface area contributed by atoms with Crippen LogP contribution in [0.3, 0.4) is 0 Å². The van der Waals surface area contributed by atoms with Gasteiger partial charge in [-0.25, -0.2) is 4.79 Å². The Labute approximate surface area is 141 Å². The summed E-state index contributed by atoms with van der Waals surface area (Å²) in [4.78, 5) is 26.5. The van der Waals surface area contributed by atoms with Gasteiger partial charge < -0.3 is 20.7 Å². The summed E-state index contributed by atoms with van der Waals surface area (Å²) in [5.41, 5.74) is 6.77. The van der Waals surface area contributed by atoms with Crippen LogP contribution in [0.2, 0.25) is 0 Å². The minimum absolute atomic E-state index is 0.0170. The Kier molecular flexibility index (Phi) is 4.84. The van der Waals surface area contributed by atoms with Crippen LogP contribution in [-0.2, 0) is 4.74 Å². The molecule has 0 spiro atoms. The molecule has 1 amide bonds. The molecule has 3 N–H and O–H groups in total. The van der Waals surface area contributed by atoms with Gasteiger partial charge in [-0.05, 0) is 30.0 Å². The standard InChI is InChI=1S/C18H21N3O3/c1-24-18(23)16-5-4-13(7-12(16)3-2-6-19)17(22)21-10-14-8-20-9-15(14)11-21/h4-5,7,14-15,20H,6,8-11,19H2,1H3. The molecule has 126 valence electrons. The largest absolute Gasteiger partial charge is 0.465 e. The zero-order chi connectivity index (χ0) is 17.1. The van der Waals surface area contributed by atoms with E-state index in [0.29, 0.717) is 28.5 Å². The fraction of sp³-hybridized carbons (Fsp3) is 0.444. The van der Waals surface area contributed by atoms with Crippen LogP contribution >= 0.6 is 0 Å². The normalized spacial score (nSPS) is 21.8. The predicted octanol–water partition coefficient (Wildman–Crippen LogP) is 0.0748. The van der Waals surface area contributed by atoms with Crippen molar-refractivity contribution in [2.45, 2.75) is 0 Å². The summed E-state index contributed by atoms with van der Waals surface area (Å²) in [5.74, 6) is 6.18. The number of hydrogen-bond acceptors (Lipinski definition) is 5. The molecule has 2 fully saturated rings. The number of rotatable bonds is 2. The molecule has 0 bridgehead atoms. The summed E-state index contributed by atoms with van der Waals surface area (Å²) < 4.78 is 4.77. The van der Waals surface area contributed by atoms with Crippen LogP contribution in [-0.4, -0.2) is 56.6 Å². The van der Waals surface area contributed by atoms with Crippen LogP contribution in [0.15, 0.2) is 18.2 Å². The summed E-state index contributed by atoms with van der Waals surface area (Å²) in [6, 6.07) is 4.91. The van der Waals surface area contributed by atoms with Gasteiger partial charge in [-0.1, -0.05) is 11.8 Å². The van der Waals surface area contributed by atoms with E-state index in [0.717, 1.165) is 26.2 Å². The lowest BCUT2D eigenvalue weighted by Crippen LogP contribution is -2.32. The monoisotopic (exact) mass is 327 g/mol. The van der Waals surface area contributed by atoms with E-state index in [1.54, 1.807) is 18.2 Å². The number of esters is 1. The van der Waals surface area contributed by atoms with Crippen LogP contribution in [0.1, 0.15) is 26.3 Å². The SMILES string of the molecule is COC(=O)c1ccc(C(=O)N2CC3CNCC3C2)cc1C#CCN. The number of nitrogens with zero attached hydrogens (tertiary/aromatic N) is 1. The molecule has 0 aromatic heterocycles. The highest BCUT2D eigenvalue weighted by atomic mass is 16.5. The number of benzene rings is 1. The Morgan fingerprint density at radius 1 is 1.33 bits per heavy atom. The number of ether oxygens (including phenoxy) is 1. The fourth-order valence-corrected chi connectivity index (χ4v) is 3.42. The number of amides is 1. The van der Waals surface area contributed by atoms with Crippen molar-refractivity contribution in [1.29, 1.82) is 0 Å². The lowest BCUT2D eigenvalue weighted by Gasteiger charge is -2.18. The molecule has 0 saturated carbocycles. The third kappa shape index (κ3) is 3.14. The third-order valence-corrected chi connectivity index (χ3v) is 4.67. The van der Waals surface area contributed by atoms with Crippen LogP contribution in [0.4, 0.5) is 0 Å². The number of fused-ring (bicyclic) bond motifs is 1. The summed E-state index contributed by atoms with van der Waals surface area (Å²) >= 11 is 0. The van der Waals surface area contributed by atoms with Gasteiger partial charge in [0.05, 0.1) is 19.2 Å². The number of hydrogen-bond donors (Lipinski definition) is 2. The molecule has 2 saturated heterocycles. The second-order valence-corrected chi connectivity index (χ2v) is 6.15. The van der Waals surface area contributed by atoms with Gasteiger partial charge in [0.15, 0.2) is 0 Å². The second-order valence-electron chi connectivity index (χ2n) is 6.15. The number of carbonyl (C=O) groups is 2. The second kappa shape index (κ2) is 7.04. The van der Waals surface area contributed by atoms with Gasteiger partial charge in [-0.2, -0.15) is 0 Å². The van der Waals surface area contributed by atoms with E-state index in [2.05, 4.69) is 17.2 Å². The van der Waals surface area contributed by atoms with Crippen LogP contribution in [0, 0.1) is 23.7 Å². The molecular formula is C18H21N3O3. The topological polar surface area (TPSA) is 84.7 Å². The molecule has 6 heteroatoms. The minimum atomic E-state index is -0.475. The summed E-state index contributed by atoms with van der Waals surface area (Å²) in [6.07, 6.45) is 0. The number of methoxy groups -OCH3 is 1. The van der Waals surface area contributed by atoms with E-state index in [9.17, 15) is 9.59 Å². The van der Waals surface area contributed by atoms with Crippen LogP contribution < -0.4 is 11.1 Å². The van der Waals surface area contributed by atoms with Crippen molar-refractivity contribution < 1.29 is 14.3 Å². The predicted molar refractivity (Wildman–Crippen MR) is 89.5 cm³/mol. The van der Waals surface area contributed by atoms with Gasteiger partial charge in [0.1, 0.15) is 0 Å². The molecule has 0 aliphatic carbocycles. The highest BCUT2D eigenvalue weighted by molar-refractivity contribution is 5.98. The number of nitrogens with two attached hydrogens (primary N) is 1. The zero-order valence-electron chi connectivity index (χ0n) is 13.7. The molecule has 24 heavy (non-hydrogen) atoms. The van der Waals surface area contributed by atoms with E-state index < -0.39 is 5.97 Å². The van der Waals surface area contributed by atoms with Crippen molar-refractivity contribution in [3.8, 4) is 11.8 Å². The Morgan fingerprint density at radius 3 is 2.67 bits per heavy atom. The molecule has 0 radical (unpaired) electrons. The van der Waals surface area contributed by atoms with Crippen molar-refractivity contribution in [1.82, 2.24) is 10.2 Å². The molecule has 3 rings (SSSR count). The first-order valence-electron chi connectivity index (χ1n) is 8.05. The van der Waals surface area contributed by atoms with Gasteiger partial charge in [0.25, 0.3) is 5.91 Å². The highest BCUT2D eigenvalue weighted by Gasteiger charge is 2.38. The maximum atomic E-state index is 12.8. The fourth-order valence-electron chi connectivity index (χ4n) is 3.42. The quantitative estimate of drug-likeness (QED) is 0.593. The van der Waals surface area contributed by atoms with Crippen LogP contribution in [0.5, 0.6) is 0 Å². The summed E-state index contributed by atoms with van der Waals surface area (Å²) in [6.45, 7) is 3.69. The summed E-state index contributed by atoms with van der Waals surface area (Å²) in [7, 11) is 1.32. The molecule has 2 aliphatic heterocycles. The Hall–Kier alpha value is -2.36. The molecule has 2 heterocycles. The number of likely N-dealkylation sites (tertiary alicyclic amines) is 1. The van der Waals surface area contributed by atoms with Crippen molar-refractivity contribution in [3.05, 3.63) is 34.9 Å². The smallest absolute Gasteiger partial charge is 0.339 e. The van der Waals surface area contributed by atoms with Crippen molar-refractivity contribution in [2.24, 2.45) is 17.6 Å². The first-order chi connectivity index (χ1) is 11.6. The average molecular weight is 327 g/mol. The first kappa shape index (κ1) is 16.5. The van der Waals surface area contributed by atoms with Crippen molar-refractivity contribution >= 4 is 11.9 Å². The molecule has 2 atom stereocenters. The van der Waals surface area contributed by atoms with Gasteiger partial charge in [0.2, 0.25) is 0 Å². The lowest BCUT2D eigenvalue weighted by atomic mass is 10.0. The van der Waals surface area contributed by atoms with Gasteiger partial charge >= 0.3 is 5.97 Å². The summed E-state index contributed by atoms with van der Waals surface area (Å²) in [5, 5.41) is 3.36. The maximum absolute atomic E-state index is 12.8. The Morgan fingerprint density at radius 2 is 2.04 bits per heavy atom. The molecule has 6 nitrogen and oxygen atoms in total. The van der Waals surface area contributed by atoms with Crippen molar-refractivity contribution in [3.63, 3.8) is 0 Å². The molecule has 1 aromatic carbocycles. The highest BCUT2D eigenvalue weighted by Crippen LogP contribution is 2.27.